The number of hydrogen-bond donors (Lipinski definition) is 0. The Bertz CT molecular complexity index is 735. The molecule has 1 saturated carbocycles. The van der Waals surface area contributed by atoms with E-state index in [1.807, 2.05) is 12.1 Å². The van der Waals surface area contributed by atoms with Crippen molar-refractivity contribution in [3.05, 3.63) is 47.7 Å². The molecular weight excluding hydrogens is 368 g/mol. The van der Waals surface area contributed by atoms with Gasteiger partial charge < -0.3 is 13.9 Å². The zero-order valence-corrected chi connectivity index (χ0v) is 19.1. The number of hydrogen-bond acceptors (Lipinski definition) is 4. The molecule has 1 fully saturated rings. The largest absolute Gasteiger partial charge is 0.463 e. The molecule has 0 bridgehead atoms. The average molecular weight is 403 g/mol. The summed E-state index contributed by atoms with van der Waals surface area (Å²) in [6, 6.07) is 10.4. The third-order valence-electron chi connectivity index (χ3n) is 6.71. The molecule has 2 aliphatic rings. The Balaban J connectivity index is 2.09. The topological polar surface area (TPSA) is 44.8 Å². The first-order chi connectivity index (χ1) is 13.1. The fourth-order valence-electron chi connectivity index (χ4n) is 4.17. The molecule has 28 heavy (non-hydrogen) atoms. The van der Waals surface area contributed by atoms with Crippen molar-refractivity contribution >= 4 is 14.3 Å². The van der Waals surface area contributed by atoms with Crippen LogP contribution in [0.2, 0.25) is 18.1 Å². The van der Waals surface area contributed by atoms with Crippen molar-refractivity contribution in [1.29, 1.82) is 0 Å². The van der Waals surface area contributed by atoms with Gasteiger partial charge in [-0.05, 0) is 42.6 Å². The zero-order chi connectivity index (χ0) is 20.6. The number of carbonyl (C=O) groups is 1. The summed E-state index contributed by atoms with van der Waals surface area (Å²) in [5, 5.41) is 0.0575. The molecule has 0 saturated heterocycles. The number of benzene rings is 1. The molecule has 0 amide bonds. The van der Waals surface area contributed by atoms with E-state index in [-0.39, 0.29) is 22.6 Å². The highest BCUT2D eigenvalue weighted by molar-refractivity contribution is 6.74. The van der Waals surface area contributed by atoms with Crippen molar-refractivity contribution in [3.8, 4) is 0 Å². The van der Waals surface area contributed by atoms with Crippen LogP contribution in [0.1, 0.15) is 57.9 Å². The number of fused-ring (bicyclic) bond motifs is 1. The third-order valence-corrected chi connectivity index (χ3v) is 11.2. The monoisotopic (exact) mass is 402 g/mol. The van der Waals surface area contributed by atoms with Crippen LogP contribution in [0.3, 0.4) is 0 Å². The molecular formula is C23H34O4Si. The summed E-state index contributed by atoms with van der Waals surface area (Å²) in [6.07, 6.45) is 5.98. The lowest BCUT2D eigenvalue weighted by Gasteiger charge is -2.53. The minimum Gasteiger partial charge on any atom is -0.463 e. The number of methoxy groups -OCH3 is 1. The van der Waals surface area contributed by atoms with Crippen LogP contribution < -0.4 is 0 Å². The van der Waals surface area contributed by atoms with Crippen LogP contribution >= 0.6 is 0 Å². The molecule has 4 nitrogen and oxygen atoms in total. The van der Waals surface area contributed by atoms with E-state index in [2.05, 4.69) is 58.1 Å². The quantitative estimate of drug-likeness (QED) is 0.474. The Kier molecular flexibility index (Phi) is 5.79. The second-order valence-electron chi connectivity index (χ2n) is 9.59. The van der Waals surface area contributed by atoms with E-state index in [0.717, 1.165) is 25.7 Å². The fraction of sp³-hybridized carbons (Fsp3) is 0.609. The summed E-state index contributed by atoms with van der Waals surface area (Å²) in [5.74, 6) is -0.642. The first-order valence-corrected chi connectivity index (χ1v) is 13.2. The Hall–Kier alpha value is -1.59. The second kappa shape index (κ2) is 7.67. The normalized spacial score (nSPS) is 28.0. The minimum absolute atomic E-state index is 0.0575. The van der Waals surface area contributed by atoms with Gasteiger partial charge in [-0.2, -0.15) is 0 Å². The summed E-state index contributed by atoms with van der Waals surface area (Å²) in [4.78, 5) is 12.5. The summed E-state index contributed by atoms with van der Waals surface area (Å²) >= 11 is 0. The molecule has 154 valence electrons. The van der Waals surface area contributed by atoms with E-state index in [0.29, 0.717) is 0 Å². The van der Waals surface area contributed by atoms with E-state index in [4.69, 9.17) is 13.9 Å². The van der Waals surface area contributed by atoms with E-state index in [9.17, 15) is 4.79 Å². The van der Waals surface area contributed by atoms with Crippen molar-refractivity contribution < 1.29 is 18.7 Å². The molecule has 1 aromatic carbocycles. The van der Waals surface area contributed by atoms with Gasteiger partial charge in [0.25, 0.3) is 0 Å². The van der Waals surface area contributed by atoms with Gasteiger partial charge in [0, 0.05) is 18.3 Å². The Morgan fingerprint density at radius 2 is 1.86 bits per heavy atom. The predicted octanol–water partition coefficient (Wildman–Crippen LogP) is 5.77. The number of ether oxygens (including phenoxy) is 2. The number of allylic oxidation sites excluding steroid dienone is 1. The van der Waals surface area contributed by atoms with Gasteiger partial charge in [-0.3, -0.25) is 0 Å². The van der Waals surface area contributed by atoms with E-state index < -0.39 is 20.1 Å². The van der Waals surface area contributed by atoms with Gasteiger partial charge in [0.05, 0.1) is 7.11 Å². The summed E-state index contributed by atoms with van der Waals surface area (Å²) < 4.78 is 18.4. The first kappa shape index (κ1) is 21.1. The van der Waals surface area contributed by atoms with Gasteiger partial charge in [-0.25, -0.2) is 4.79 Å². The van der Waals surface area contributed by atoms with Gasteiger partial charge in [-0.15, -0.1) is 0 Å². The smallest absolute Gasteiger partial charge is 0.373 e. The molecule has 1 aliphatic carbocycles. The molecule has 0 aromatic heterocycles. The van der Waals surface area contributed by atoms with Crippen molar-refractivity contribution in [3.63, 3.8) is 0 Å². The maximum absolute atomic E-state index is 12.5. The third kappa shape index (κ3) is 3.92. The highest BCUT2D eigenvalue weighted by Gasteiger charge is 2.55. The fourth-order valence-corrected chi connectivity index (χ4v) is 5.63. The Labute approximate surface area is 170 Å². The molecule has 0 unspecified atom stereocenters. The van der Waals surface area contributed by atoms with Crippen LogP contribution in [-0.2, 0) is 18.7 Å². The first-order valence-electron chi connectivity index (χ1n) is 10.3. The van der Waals surface area contributed by atoms with Crippen LogP contribution in [0.5, 0.6) is 0 Å². The van der Waals surface area contributed by atoms with Crippen molar-refractivity contribution in [2.24, 2.45) is 5.92 Å². The van der Waals surface area contributed by atoms with E-state index in [1.54, 1.807) is 0 Å². The number of esters is 1. The van der Waals surface area contributed by atoms with Crippen molar-refractivity contribution in [2.45, 2.75) is 76.3 Å². The van der Waals surface area contributed by atoms with Gasteiger partial charge in [-0.1, -0.05) is 57.5 Å². The van der Waals surface area contributed by atoms with Crippen LogP contribution in [0, 0.1) is 5.92 Å². The number of carbonyl (C=O) groups excluding carboxylic acids is 1. The molecule has 0 N–H and O–H groups in total. The van der Waals surface area contributed by atoms with Gasteiger partial charge in [0.15, 0.2) is 8.32 Å². The predicted molar refractivity (Wildman–Crippen MR) is 113 cm³/mol. The van der Waals surface area contributed by atoms with Crippen LogP contribution in [0.15, 0.2) is 42.2 Å². The summed E-state index contributed by atoms with van der Waals surface area (Å²) in [6.45, 7) is 11.2. The van der Waals surface area contributed by atoms with Crippen LogP contribution in [0.25, 0.3) is 0 Å². The van der Waals surface area contributed by atoms with Gasteiger partial charge in [0.2, 0.25) is 11.5 Å². The maximum atomic E-state index is 12.5. The van der Waals surface area contributed by atoms with E-state index in [1.165, 1.54) is 12.7 Å². The highest BCUT2D eigenvalue weighted by Crippen LogP contribution is 2.53. The summed E-state index contributed by atoms with van der Waals surface area (Å²) in [7, 11) is -0.718. The molecule has 0 spiro atoms. The average Bonchev–Trinajstić information content (AvgIpc) is 2.65. The molecule has 1 aromatic rings. The summed E-state index contributed by atoms with van der Waals surface area (Å²) in [5.41, 5.74) is 1.20. The van der Waals surface area contributed by atoms with Gasteiger partial charge >= 0.3 is 5.97 Å². The highest BCUT2D eigenvalue weighted by atomic mass is 28.4. The minimum atomic E-state index is -2.12. The van der Waals surface area contributed by atoms with Crippen LogP contribution in [0.4, 0.5) is 0 Å². The lowest BCUT2D eigenvalue weighted by atomic mass is 9.71. The zero-order valence-electron chi connectivity index (χ0n) is 18.1. The van der Waals surface area contributed by atoms with Gasteiger partial charge in [0.1, 0.15) is 0 Å². The SMILES string of the molecule is COC(=O)C1=C[C@@H](c2ccccc2)[C@@H]2CCCC[C@]2(O[Si](C)(C)C(C)(C)C)O1. The molecule has 3 rings (SSSR count). The second-order valence-corrected chi connectivity index (χ2v) is 14.3. The van der Waals surface area contributed by atoms with Crippen molar-refractivity contribution in [2.75, 3.05) is 7.11 Å². The lowest BCUT2D eigenvalue weighted by Crippen LogP contribution is -2.58. The Morgan fingerprint density at radius 1 is 1.18 bits per heavy atom. The molecule has 0 radical (unpaired) electrons. The lowest BCUT2D eigenvalue weighted by molar-refractivity contribution is -0.232. The molecule has 1 aliphatic heterocycles. The molecule has 3 atom stereocenters. The van der Waals surface area contributed by atoms with Crippen molar-refractivity contribution in [1.82, 2.24) is 0 Å². The molecule has 5 heteroatoms. The van der Waals surface area contributed by atoms with E-state index >= 15 is 0 Å². The molecule has 1 heterocycles. The Morgan fingerprint density at radius 3 is 2.46 bits per heavy atom. The van der Waals surface area contributed by atoms with Crippen LogP contribution in [-0.4, -0.2) is 27.2 Å². The standard InChI is InChI=1S/C23H34O4Si/c1-22(2,3)28(5,6)27-23-15-11-10-14-19(23)18(17-12-8-7-9-13-17)16-20(26-23)21(24)25-4/h7-9,12-13,16,18-19H,10-11,14-15H2,1-6H3/t18-,19-,23+/m0/s1. The number of rotatable bonds is 4. The maximum Gasteiger partial charge on any atom is 0.373 e.